The molecule has 1 unspecified atom stereocenters. The number of oxazole rings is 1. The monoisotopic (exact) mass is 465 g/mol. The zero-order chi connectivity index (χ0) is 24.4. The third kappa shape index (κ3) is 4.93. The van der Waals surface area contributed by atoms with Crippen LogP contribution in [-0.2, 0) is 0 Å². The van der Waals surface area contributed by atoms with Gasteiger partial charge < -0.3 is 9.73 Å². The molecule has 2 aliphatic carbocycles. The number of nitriles is 1. The van der Waals surface area contributed by atoms with Crippen molar-refractivity contribution >= 4 is 17.0 Å². The zero-order valence-corrected chi connectivity index (χ0v) is 20.4. The molecule has 5 heteroatoms. The van der Waals surface area contributed by atoms with Crippen molar-refractivity contribution in [1.29, 1.82) is 5.26 Å². The summed E-state index contributed by atoms with van der Waals surface area (Å²) in [6, 6.07) is 13.2. The molecule has 0 fully saturated rings. The van der Waals surface area contributed by atoms with Crippen LogP contribution >= 0.6 is 0 Å². The fraction of sp³-hybridized carbons (Fsp3) is 0.367. The van der Waals surface area contributed by atoms with Crippen molar-refractivity contribution in [3.05, 3.63) is 76.4 Å². The number of carbonyl (C=O) groups is 1. The molecule has 0 aliphatic heterocycles. The Morgan fingerprint density at radius 3 is 2.63 bits per heavy atom. The summed E-state index contributed by atoms with van der Waals surface area (Å²) in [5, 5.41) is 12.5. The van der Waals surface area contributed by atoms with Gasteiger partial charge in [0.25, 0.3) is 5.91 Å². The fourth-order valence-electron chi connectivity index (χ4n) is 5.11. The molecule has 0 saturated carbocycles. The number of amides is 1. The molecular weight excluding hydrogens is 434 g/mol. The highest BCUT2D eigenvalue weighted by Gasteiger charge is 2.19. The Morgan fingerprint density at radius 1 is 1.17 bits per heavy atom. The number of nitrogens with one attached hydrogen (secondary N) is 1. The first-order chi connectivity index (χ1) is 17.0. The summed E-state index contributed by atoms with van der Waals surface area (Å²) >= 11 is 0. The molecule has 1 amide bonds. The van der Waals surface area contributed by atoms with E-state index in [2.05, 4.69) is 42.4 Å². The highest BCUT2D eigenvalue weighted by atomic mass is 16.3. The number of aromatic nitrogens is 1. The quantitative estimate of drug-likeness (QED) is 0.423. The minimum Gasteiger partial charge on any atom is -0.436 e. The zero-order valence-electron chi connectivity index (χ0n) is 20.4. The Kier molecular flexibility index (Phi) is 6.55. The van der Waals surface area contributed by atoms with Crippen LogP contribution in [0.4, 0.5) is 0 Å². The van der Waals surface area contributed by atoms with Gasteiger partial charge in [-0.15, -0.1) is 0 Å². The first kappa shape index (κ1) is 23.1. The molecule has 0 radical (unpaired) electrons. The standard InChI is InChI=1S/C30H31N3O2/c1-19(2)26-15-21(17-31)16-27-28(26)35-30(33-27)25-13-11-24(12-14-25)29(34)32-18-20-7-9-23(10-8-20)22-5-3-4-6-22/h5,9,11-16,19-20H,3-4,6-8,10,18H2,1-2H3,(H,32,34). The molecule has 0 saturated heterocycles. The molecule has 5 rings (SSSR count). The van der Waals surface area contributed by atoms with Crippen LogP contribution in [0.3, 0.4) is 0 Å². The maximum absolute atomic E-state index is 12.7. The predicted molar refractivity (Wildman–Crippen MR) is 138 cm³/mol. The summed E-state index contributed by atoms with van der Waals surface area (Å²) in [5.41, 5.74) is 7.46. The van der Waals surface area contributed by atoms with Gasteiger partial charge in [-0.05, 0) is 97.9 Å². The van der Waals surface area contributed by atoms with Crippen LogP contribution in [0.15, 0.2) is 64.1 Å². The number of allylic oxidation sites excluding steroid dienone is 4. The lowest BCUT2D eigenvalue weighted by Crippen LogP contribution is -2.30. The van der Waals surface area contributed by atoms with Gasteiger partial charge in [0.1, 0.15) is 5.52 Å². The molecule has 5 nitrogen and oxygen atoms in total. The molecule has 0 bridgehead atoms. The van der Waals surface area contributed by atoms with Crippen molar-refractivity contribution in [2.75, 3.05) is 6.54 Å². The Labute approximate surface area is 206 Å². The van der Waals surface area contributed by atoms with Gasteiger partial charge in [0, 0.05) is 23.2 Å². The van der Waals surface area contributed by atoms with Gasteiger partial charge >= 0.3 is 0 Å². The van der Waals surface area contributed by atoms with E-state index in [-0.39, 0.29) is 11.8 Å². The number of nitrogens with zero attached hydrogens (tertiary/aromatic N) is 2. The average Bonchev–Trinajstić information content (AvgIpc) is 3.57. The van der Waals surface area contributed by atoms with Crippen molar-refractivity contribution in [2.24, 2.45) is 5.92 Å². The second kappa shape index (κ2) is 9.92. The normalized spacial score (nSPS) is 17.8. The smallest absolute Gasteiger partial charge is 0.251 e. The number of carbonyl (C=O) groups excluding carboxylic acids is 1. The molecule has 2 aromatic carbocycles. The molecular formula is C30H31N3O2. The number of hydrogen-bond acceptors (Lipinski definition) is 4. The van der Waals surface area contributed by atoms with E-state index >= 15 is 0 Å². The predicted octanol–water partition coefficient (Wildman–Crippen LogP) is 7.06. The van der Waals surface area contributed by atoms with E-state index in [1.165, 1.54) is 24.8 Å². The third-order valence-electron chi connectivity index (χ3n) is 7.19. The van der Waals surface area contributed by atoms with Crippen LogP contribution in [-0.4, -0.2) is 17.4 Å². The number of fused-ring (bicyclic) bond motifs is 1. The van der Waals surface area contributed by atoms with Crippen molar-refractivity contribution in [3.8, 4) is 17.5 Å². The van der Waals surface area contributed by atoms with E-state index in [9.17, 15) is 10.1 Å². The molecule has 35 heavy (non-hydrogen) atoms. The molecule has 2 aliphatic rings. The topological polar surface area (TPSA) is 78.9 Å². The van der Waals surface area contributed by atoms with Gasteiger partial charge in [-0.1, -0.05) is 26.0 Å². The molecule has 3 aromatic rings. The van der Waals surface area contributed by atoms with Gasteiger partial charge in [0.2, 0.25) is 5.89 Å². The SMILES string of the molecule is CC(C)c1cc(C#N)cc2nc(-c3ccc(C(=O)NCC4CC=C(C5=CCCC5)CC4)cc3)oc12. The van der Waals surface area contributed by atoms with Crippen LogP contribution < -0.4 is 5.32 Å². The van der Waals surface area contributed by atoms with Gasteiger partial charge in [0.15, 0.2) is 5.58 Å². The number of hydrogen-bond donors (Lipinski definition) is 1. The van der Waals surface area contributed by atoms with Gasteiger partial charge in [-0.3, -0.25) is 4.79 Å². The molecule has 1 heterocycles. The van der Waals surface area contributed by atoms with Gasteiger partial charge in [-0.2, -0.15) is 5.26 Å². The minimum atomic E-state index is -0.0526. The van der Waals surface area contributed by atoms with Crippen molar-refractivity contribution in [2.45, 2.75) is 58.3 Å². The second-order valence-electron chi connectivity index (χ2n) is 9.98. The molecule has 0 spiro atoms. The Morgan fingerprint density at radius 2 is 1.97 bits per heavy atom. The maximum Gasteiger partial charge on any atom is 0.251 e. The van der Waals surface area contributed by atoms with E-state index < -0.39 is 0 Å². The summed E-state index contributed by atoms with van der Waals surface area (Å²) in [5.74, 6) is 1.15. The highest BCUT2D eigenvalue weighted by molar-refractivity contribution is 5.94. The van der Waals surface area contributed by atoms with Crippen molar-refractivity contribution in [1.82, 2.24) is 10.3 Å². The summed E-state index contributed by atoms with van der Waals surface area (Å²) in [6.45, 7) is 4.84. The van der Waals surface area contributed by atoms with Crippen LogP contribution in [0.25, 0.3) is 22.6 Å². The lowest BCUT2D eigenvalue weighted by molar-refractivity contribution is 0.0946. The van der Waals surface area contributed by atoms with E-state index in [1.54, 1.807) is 11.6 Å². The van der Waals surface area contributed by atoms with Crippen molar-refractivity contribution in [3.63, 3.8) is 0 Å². The van der Waals surface area contributed by atoms with E-state index in [0.717, 1.165) is 30.4 Å². The molecule has 178 valence electrons. The summed E-state index contributed by atoms with van der Waals surface area (Å²) in [7, 11) is 0. The molecule has 1 N–H and O–H groups in total. The fourth-order valence-corrected chi connectivity index (χ4v) is 5.11. The van der Waals surface area contributed by atoms with E-state index in [1.807, 2.05) is 30.3 Å². The molecule has 1 atom stereocenters. The van der Waals surface area contributed by atoms with Crippen LogP contribution in [0.1, 0.15) is 79.8 Å². The number of rotatable bonds is 6. The Hall–Kier alpha value is -3.65. The summed E-state index contributed by atoms with van der Waals surface area (Å²) in [4.78, 5) is 17.3. The van der Waals surface area contributed by atoms with Gasteiger partial charge in [-0.25, -0.2) is 4.98 Å². The van der Waals surface area contributed by atoms with Gasteiger partial charge in [0.05, 0.1) is 11.6 Å². The van der Waals surface area contributed by atoms with E-state index in [0.29, 0.717) is 40.6 Å². The summed E-state index contributed by atoms with van der Waals surface area (Å²) in [6.07, 6.45) is 11.8. The van der Waals surface area contributed by atoms with Crippen LogP contribution in [0, 0.1) is 17.2 Å². The Bertz CT molecular complexity index is 1350. The minimum absolute atomic E-state index is 0.0526. The van der Waals surface area contributed by atoms with Crippen molar-refractivity contribution < 1.29 is 9.21 Å². The lowest BCUT2D eigenvalue weighted by atomic mass is 9.86. The highest BCUT2D eigenvalue weighted by Crippen LogP contribution is 2.34. The largest absolute Gasteiger partial charge is 0.436 e. The Balaban J connectivity index is 1.23. The second-order valence-corrected chi connectivity index (χ2v) is 9.98. The number of benzene rings is 2. The summed E-state index contributed by atoms with van der Waals surface area (Å²) < 4.78 is 6.09. The first-order valence-corrected chi connectivity index (χ1v) is 12.6. The lowest BCUT2D eigenvalue weighted by Gasteiger charge is -2.23. The van der Waals surface area contributed by atoms with Crippen LogP contribution in [0.2, 0.25) is 0 Å². The molecule has 1 aromatic heterocycles. The first-order valence-electron chi connectivity index (χ1n) is 12.6. The average molecular weight is 466 g/mol. The van der Waals surface area contributed by atoms with E-state index in [4.69, 9.17) is 4.42 Å². The maximum atomic E-state index is 12.7. The third-order valence-corrected chi connectivity index (χ3v) is 7.19. The van der Waals surface area contributed by atoms with Crippen LogP contribution in [0.5, 0.6) is 0 Å².